The van der Waals surface area contributed by atoms with E-state index < -0.39 is 14.6 Å². The Kier molecular flexibility index (Phi) is 4.87. The molecule has 1 aliphatic rings. The molecule has 2 unspecified atom stereocenters. The molecule has 22 heavy (non-hydrogen) atoms. The largest absolute Gasteiger partial charge is 0.355 e. The Morgan fingerprint density at radius 1 is 1.32 bits per heavy atom. The van der Waals surface area contributed by atoms with Crippen LogP contribution in [-0.2, 0) is 14.6 Å². The summed E-state index contributed by atoms with van der Waals surface area (Å²) in [5, 5.41) is 3.41. The van der Waals surface area contributed by atoms with Crippen LogP contribution in [0.5, 0.6) is 0 Å². The van der Waals surface area contributed by atoms with Crippen LogP contribution in [0.3, 0.4) is 0 Å². The van der Waals surface area contributed by atoms with E-state index >= 15 is 0 Å². The summed E-state index contributed by atoms with van der Waals surface area (Å²) in [7, 11) is -3.21. The van der Waals surface area contributed by atoms with Gasteiger partial charge in [-0.25, -0.2) is 8.42 Å². The first-order valence-electron chi connectivity index (χ1n) is 7.38. The fourth-order valence-electron chi connectivity index (χ4n) is 2.35. The summed E-state index contributed by atoms with van der Waals surface area (Å²) in [4.78, 5) is 12.1. The third kappa shape index (κ3) is 3.82. The van der Waals surface area contributed by atoms with E-state index in [-0.39, 0.29) is 30.0 Å². The highest BCUT2D eigenvalue weighted by Crippen LogP contribution is 2.49. The van der Waals surface area contributed by atoms with Gasteiger partial charge >= 0.3 is 0 Å². The zero-order chi connectivity index (χ0) is 16.5. The van der Waals surface area contributed by atoms with E-state index in [1.807, 2.05) is 24.3 Å². The summed E-state index contributed by atoms with van der Waals surface area (Å²) in [5.41, 5.74) is 0.992. The third-order valence-electron chi connectivity index (χ3n) is 4.03. The number of hydrogen-bond acceptors (Lipinski definition) is 3. The minimum Gasteiger partial charge on any atom is -0.355 e. The normalized spacial score (nSPS) is 21.5. The van der Waals surface area contributed by atoms with Gasteiger partial charge in [-0.1, -0.05) is 29.8 Å². The minimum absolute atomic E-state index is 0.0360. The molecule has 0 saturated heterocycles. The lowest BCUT2D eigenvalue weighted by atomic mass is 10.1. The van der Waals surface area contributed by atoms with Crippen LogP contribution in [0.1, 0.15) is 38.7 Å². The van der Waals surface area contributed by atoms with E-state index in [0.717, 1.165) is 12.0 Å². The molecule has 1 amide bonds. The fourth-order valence-corrected chi connectivity index (χ4v) is 3.61. The van der Waals surface area contributed by atoms with Crippen molar-refractivity contribution in [2.75, 3.05) is 12.3 Å². The summed E-state index contributed by atoms with van der Waals surface area (Å²) in [5.74, 6) is -0.0784. The molecule has 1 aromatic rings. The Morgan fingerprint density at radius 2 is 1.95 bits per heavy atom. The molecule has 1 saturated carbocycles. The minimum atomic E-state index is -3.21. The Hall–Kier alpha value is -1.07. The van der Waals surface area contributed by atoms with Crippen molar-refractivity contribution >= 4 is 27.3 Å². The maximum Gasteiger partial charge on any atom is 0.223 e. The maximum absolute atomic E-state index is 12.1. The summed E-state index contributed by atoms with van der Waals surface area (Å²) in [6.45, 7) is 5.15. The Balaban J connectivity index is 1.85. The summed E-state index contributed by atoms with van der Waals surface area (Å²) >= 11 is 6.13. The molecule has 0 bridgehead atoms. The Labute approximate surface area is 137 Å². The van der Waals surface area contributed by atoms with E-state index in [9.17, 15) is 13.2 Å². The van der Waals surface area contributed by atoms with Gasteiger partial charge in [-0.2, -0.15) is 0 Å². The van der Waals surface area contributed by atoms with Crippen molar-refractivity contribution in [1.29, 1.82) is 0 Å². The zero-order valence-corrected chi connectivity index (χ0v) is 14.7. The predicted molar refractivity (Wildman–Crippen MR) is 88.8 cm³/mol. The molecule has 122 valence electrons. The van der Waals surface area contributed by atoms with Crippen LogP contribution in [0.2, 0.25) is 5.02 Å². The smallest absolute Gasteiger partial charge is 0.223 e. The number of sulfone groups is 1. The number of benzene rings is 1. The van der Waals surface area contributed by atoms with E-state index in [0.29, 0.717) is 5.02 Å². The quantitative estimate of drug-likeness (QED) is 0.894. The Bertz CT molecular complexity index is 664. The van der Waals surface area contributed by atoms with Gasteiger partial charge in [0.25, 0.3) is 0 Å². The lowest BCUT2D eigenvalue weighted by molar-refractivity contribution is -0.122. The molecule has 0 spiro atoms. The van der Waals surface area contributed by atoms with Crippen molar-refractivity contribution in [3.63, 3.8) is 0 Å². The van der Waals surface area contributed by atoms with Gasteiger partial charge in [0.1, 0.15) is 0 Å². The van der Waals surface area contributed by atoms with Gasteiger partial charge in [0.05, 0.1) is 10.5 Å². The summed E-state index contributed by atoms with van der Waals surface area (Å²) < 4.78 is 23.2. The van der Waals surface area contributed by atoms with Crippen molar-refractivity contribution in [3.8, 4) is 0 Å². The van der Waals surface area contributed by atoms with Gasteiger partial charge in [0, 0.05) is 17.5 Å². The summed E-state index contributed by atoms with van der Waals surface area (Å²) in [6, 6.07) is 7.52. The maximum atomic E-state index is 12.1. The zero-order valence-electron chi connectivity index (χ0n) is 13.1. The first-order chi connectivity index (χ1) is 10.1. The number of halogens is 1. The van der Waals surface area contributed by atoms with E-state index in [1.54, 1.807) is 20.8 Å². The molecule has 2 rings (SSSR count). The average Bonchev–Trinajstić information content (AvgIpc) is 3.17. The molecule has 0 heterocycles. The number of hydrogen-bond donors (Lipinski definition) is 1. The van der Waals surface area contributed by atoms with Crippen LogP contribution in [0.15, 0.2) is 24.3 Å². The fraction of sp³-hybridized carbons (Fsp3) is 0.562. The number of rotatable bonds is 5. The predicted octanol–water partition coefficient (Wildman–Crippen LogP) is 2.77. The Morgan fingerprint density at radius 3 is 2.55 bits per heavy atom. The van der Waals surface area contributed by atoms with Crippen LogP contribution in [0, 0.1) is 5.92 Å². The highest BCUT2D eigenvalue weighted by molar-refractivity contribution is 7.92. The number of carbonyl (C=O) groups is 1. The lowest BCUT2D eigenvalue weighted by Crippen LogP contribution is -2.37. The van der Waals surface area contributed by atoms with Crippen molar-refractivity contribution in [1.82, 2.24) is 5.32 Å². The molecule has 6 heteroatoms. The van der Waals surface area contributed by atoms with Crippen molar-refractivity contribution < 1.29 is 13.2 Å². The van der Waals surface area contributed by atoms with E-state index in [1.165, 1.54) is 0 Å². The first-order valence-corrected chi connectivity index (χ1v) is 9.41. The van der Waals surface area contributed by atoms with Crippen LogP contribution in [0.25, 0.3) is 0 Å². The van der Waals surface area contributed by atoms with Gasteiger partial charge in [0.15, 0.2) is 9.84 Å². The van der Waals surface area contributed by atoms with Crippen LogP contribution < -0.4 is 5.32 Å². The second kappa shape index (κ2) is 6.20. The molecular weight excluding hydrogens is 322 g/mol. The van der Waals surface area contributed by atoms with Gasteiger partial charge in [-0.3, -0.25) is 4.79 Å². The van der Waals surface area contributed by atoms with Gasteiger partial charge < -0.3 is 5.32 Å². The van der Waals surface area contributed by atoms with Crippen LogP contribution in [0.4, 0.5) is 0 Å². The topological polar surface area (TPSA) is 63.2 Å². The second-order valence-corrected chi connectivity index (χ2v) is 9.96. The molecule has 0 aromatic heterocycles. The van der Waals surface area contributed by atoms with Crippen LogP contribution in [-0.4, -0.2) is 31.4 Å². The van der Waals surface area contributed by atoms with E-state index in [4.69, 9.17) is 11.6 Å². The number of amides is 1. The first kappa shape index (κ1) is 17.3. The SMILES string of the molecule is CC(C)(C)S(=O)(=O)CCNC(=O)C1CC1c1ccccc1Cl. The number of nitrogens with one attached hydrogen (secondary N) is 1. The van der Waals surface area contributed by atoms with Gasteiger partial charge in [-0.05, 0) is 44.7 Å². The average molecular weight is 344 g/mol. The number of carbonyl (C=O) groups excluding carboxylic acids is 1. The molecule has 0 aliphatic heterocycles. The monoisotopic (exact) mass is 343 g/mol. The van der Waals surface area contributed by atoms with Crippen molar-refractivity contribution in [2.24, 2.45) is 5.92 Å². The molecule has 0 radical (unpaired) electrons. The second-order valence-electron chi connectivity index (χ2n) is 6.69. The van der Waals surface area contributed by atoms with Crippen LogP contribution >= 0.6 is 11.6 Å². The molecule has 2 atom stereocenters. The van der Waals surface area contributed by atoms with Gasteiger partial charge in [-0.15, -0.1) is 0 Å². The third-order valence-corrected chi connectivity index (χ3v) is 6.99. The highest BCUT2D eigenvalue weighted by atomic mass is 35.5. The lowest BCUT2D eigenvalue weighted by Gasteiger charge is -2.19. The standard InChI is InChI=1S/C16H22ClNO3S/c1-16(2,3)22(20,21)9-8-18-15(19)13-10-12(13)11-6-4-5-7-14(11)17/h4-7,12-13H,8-10H2,1-3H3,(H,18,19). The molecule has 1 fully saturated rings. The molecule has 4 nitrogen and oxygen atoms in total. The molecule has 1 aliphatic carbocycles. The molecule has 1 aromatic carbocycles. The highest BCUT2D eigenvalue weighted by Gasteiger charge is 2.44. The van der Waals surface area contributed by atoms with Crippen molar-refractivity contribution in [2.45, 2.75) is 37.9 Å². The molecule has 1 N–H and O–H groups in total. The van der Waals surface area contributed by atoms with Gasteiger partial charge in [0.2, 0.25) is 5.91 Å². The molecular formula is C16H22ClNO3S. The van der Waals surface area contributed by atoms with Crippen molar-refractivity contribution in [3.05, 3.63) is 34.9 Å². The van der Waals surface area contributed by atoms with E-state index in [2.05, 4.69) is 5.32 Å². The summed E-state index contributed by atoms with van der Waals surface area (Å²) in [6.07, 6.45) is 0.765.